The summed E-state index contributed by atoms with van der Waals surface area (Å²) < 4.78 is 0. The molecule has 0 saturated heterocycles. The minimum absolute atomic E-state index is 0.150. The molecule has 104 valence electrons. The second kappa shape index (κ2) is 5.20. The van der Waals surface area contributed by atoms with Crippen molar-refractivity contribution in [3.05, 3.63) is 60.0 Å². The lowest BCUT2D eigenvalue weighted by molar-refractivity contribution is 0.0691. The van der Waals surface area contributed by atoms with E-state index in [2.05, 4.69) is 15.0 Å². The van der Waals surface area contributed by atoms with E-state index in [9.17, 15) is 4.79 Å². The summed E-state index contributed by atoms with van der Waals surface area (Å²) in [6, 6.07) is 13.0. The van der Waals surface area contributed by atoms with Gasteiger partial charge in [-0.2, -0.15) is 0 Å². The number of carbonyl (C=O) groups is 1. The molecule has 0 fully saturated rings. The number of benzene rings is 1. The van der Waals surface area contributed by atoms with Crippen LogP contribution >= 0.6 is 0 Å². The van der Waals surface area contributed by atoms with Crippen LogP contribution in [0, 0.1) is 6.92 Å². The maximum atomic E-state index is 10.9. The number of carboxylic acid groups (broad SMARTS) is 1. The van der Waals surface area contributed by atoms with E-state index in [0.29, 0.717) is 11.5 Å². The first-order chi connectivity index (χ1) is 10.1. The molecule has 0 spiro atoms. The summed E-state index contributed by atoms with van der Waals surface area (Å²) in [5.74, 6) is -0.331. The predicted molar refractivity (Wildman–Crippen MR) is 79.0 cm³/mol. The van der Waals surface area contributed by atoms with Gasteiger partial charge in [-0.1, -0.05) is 30.3 Å². The second-order valence-corrected chi connectivity index (χ2v) is 4.65. The van der Waals surface area contributed by atoms with Crippen LogP contribution in [0.25, 0.3) is 22.6 Å². The average molecular weight is 279 g/mol. The second-order valence-electron chi connectivity index (χ2n) is 4.65. The van der Waals surface area contributed by atoms with E-state index >= 15 is 0 Å². The molecular weight excluding hydrogens is 266 g/mol. The van der Waals surface area contributed by atoms with Crippen LogP contribution in [0.5, 0.6) is 0 Å². The van der Waals surface area contributed by atoms with Gasteiger partial charge in [-0.05, 0) is 19.1 Å². The zero-order chi connectivity index (χ0) is 14.8. The topological polar surface area (TPSA) is 78.9 Å². The number of aryl methyl sites for hydroxylation is 1. The van der Waals surface area contributed by atoms with Crippen molar-refractivity contribution in [2.24, 2.45) is 0 Å². The Labute approximate surface area is 121 Å². The number of rotatable bonds is 3. The molecule has 5 heteroatoms. The molecule has 3 rings (SSSR count). The Morgan fingerprint density at radius 1 is 1.14 bits per heavy atom. The largest absolute Gasteiger partial charge is 0.477 e. The van der Waals surface area contributed by atoms with Crippen molar-refractivity contribution in [3.63, 3.8) is 0 Å². The number of nitrogens with one attached hydrogen (secondary N) is 1. The van der Waals surface area contributed by atoms with Gasteiger partial charge in [-0.3, -0.25) is 0 Å². The van der Waals surface area contributed by atoms with E-state index in [1.807, 2.05) is 37.3 Å². The third-order valence-electron chi connectivity index (χ3n) is 3.22. The first-order valence-electron chi connectivity index (χ1n) is 6.47. The molecule has 1 aromatic carbocycles. The minimum atomic E-state index is -0.985. The number of hydrogen-bond donors (Lipinski definition) is 2. The lowest BCUT2D eigenvalue weighted by atomic mass is 10.1. The lowest BCUT2D eigenvalue weighted by Crippen LogP contribution is -1.97. The Balaban J connectivity index is 2.00. The average Bonchev–Trinajstić information content (AvgIpc) is 2.98. The van der Waals surface area contributed by atoms with Crippen LogP contribution < -0.4 is 0 Å². The van der Waals surface area contributed by atoms with Crippen LogP contribution in [-0.2, 0) is 0 Å². The number of aromatic amines is 1. The fraction of sp³-hybridized carbons (Fsp3) is 0.0625. The summed E-state index contributed by atoms with van der Waals surface area (Å²) in [7, 11) is 0. The number of nitrogens with zero attached hydrogens (tertiary/aromatic N) is 2. The van der Waals surface area contributed by atoms with Crippen LogP contribution in [0.1, 0.15) is 16.2 Å². The SMILES string of the molecule is Cc1nc(-c2ccccc2)ncc1-c1ccc(C(=O)O)[nH]1. The number of aromatic carboxylic acids is 1. The number of hydrogen-bond acceptors (Lipinski definition) is 3. The number of carboxylic acids is 1. The molecule has 2 heterocycles. The van der Waals surface area contributed by atoms with Crippen LogP contribution in [0.2, 0.25) is 0 Å². The molecule has 0 unspecified atom stereocenters. The van der Waals surface area contributed by atoms with Gasteiger partial charge in [0.05, 0.1) is 5.69 Å². The van der Waals surface area contributed by atoms with E-state index in [0.717, 1.165) is 16.8 Å². The van der Waals surface area contributed by atoms with Crippen molar-refractivity contribution in [1.29, 1.82) is 0 Å². The molecule has 21 heavy (non-hydrogen) atoms. The van der Waals surface area contributed by atoms with Crippen molar-refractivity contribution in [3.8, 4) is 22.6 Å². The molecule has 0 aliphatic carbocycles. The normalized spacial score (nSPS) is 10.5. The highest BCUT2D eigenvalue weighted by Gasteiger charge is 2.11. The maximum absolute atomic E-state index is 10.9. The van der Waals surface area contributed by atoms with E-state index in [4.69, 9.17) is 5.11 Å². The van der Waals surface area contributed by atoms with Gasteiger partial charge in [0.15, 0.2) is 5.82 Å². The molecule has 0 aliphatic rings. The van der Waals surface area contributed by atoms with Crippen molar-refractivity contribution >= 4 is 5.97 Å². The summed E-state index contributed by atoms with van der Waals surface area (Å²) in [6.07, 6.45) is 1.71. The number of aromatic nitrogens is 3. The van der Waals surface area contributed by atoms with Gasteiger partial charge in [0.25, 0.3) is 0 Å². The molecular formula is C16H13N3O2. The van der Waals surface area contributed by atoms with Gasteiger partial charge in [0.2, 0.25) is 0 Å². The van der Waals surface area contributed by atoms with Gasteiger partial charge in [-0.15, -0.1) is 0 Å². The van der Waals surface area contributed by atoms with Gasteiger partial charge >= 0.3 is 5.97 Å². The highest BCUT2D eigenvalue weighted by atomic mass is 16.4. The quantitative estimate of drug-likeness (QED) is 0.772. The molecule has 2 aromatic heterocycles. The zero-order valence-corrected chi connectivity index (χ0v) is 11.4. The summed E-state index contributed by atoms with van der Waals surface area (Å²) in [5, 5.41) is 8.94. The maximum Gasteiger partial charge on any atom is 0.352 e. The Bertz CT molecular complexity index is 794. The van der Waals surface area contributed by atoms with E-state index in [-0.39, 0.29) is 5.69 Å². The molecule has 5 nitrogen and oxygen atoms in total. The van der Waals surface area contributed by atoms with Crippen molar-refractivity contribution in [1.82, 2.24) is 15.0 Å². The summed E-state index contributed by atoms with van der Waals surface area (Å²) in [6.45, 7) is 1.88. The molecule has 0 aliphatic heterocycles. The van der Waals surface area contributed by atoms with Gasteiger partial charge in [0, 0.05) is 23.0 Å². The number of H-pyrrole nitrogens is 1. The van der Waals surface area contributed by atoms with Crippen LogP contribution in [0.15, 0.2) is 48.7 Å². The third kappa shape index (κ3) is 2.53. The Kier molecular flexibility index (Phi) is 3.23. The standard InChI is InChI=1S/C16H13N3O2/c1-10-12(13-7-8-14(19-13)16(20)21)9-17-15(18-10)11-5-3-2-4-6-11/h2-9,19H,1H3,(H,20,21). The lowest BCUT2D eigenvalue weighted by Gasteiger charge is -2.05. The smallest absolute Gasteiger partial charge is 0.352 e. The summed E-state index contributed by atoms with van der Waals surface area (Å²) >= 11 is 0. The Morgan fingerprint density at radius 3 is 2.52 bits per heavy atom. The van der Waals surface area contributed by atoms with E-state index in [1.54, 1.807) is 12.3 Å². The van der Waals surface area contributed by atoms with Crippen LogP contribution in [0.4, 0.5) is 0 Å². The van der Waals surface area contributed by atoms with Crippen LogP contribution in [-0.4, -0.2) is 26.0 Å². The van der Waals surface area contributed by atoms with Gasteiger partial charge in [0.1, 0.15) is 5.69 Å². The zero-order valence-electron chi connectivity index (χ0n) is 11.4. The highest BCUT2D eigenvalue weighted by Crippen LogP contribution is 2.23. The van der Waals surface area contributed by atoms with Crippen molar-refractivity contribution in [2.75, 3.05) is 0 Å². The van der Waals surface area contributed by atoms with Crippen molar-refractivity contribution < 1.29 is 9.90 Å². The van der Waals surface area contributed by atoms with E-state index in [1.165, 1.54) is 6.07 Å². The first kappa shape index (κ1) is 13.1. The minimum Gasteiger partial charge on any atom is -0.477 e. The molecule has 0 atom stereocenters. The highest BCUT2D eigenvalue weighted by molar-refractivity contribution is 5.87. The van der Waals surface area contributed by atoms with E-state index < -0.39 is 5.97 Å². The summed E-state index contributed by atoms with van der Waals surface area (Å²) in [4.78, 5) is 22.6. The Hall–Kier alpha value is -2.95. The predicted octanol–water partition coefficient (Wildman–Crippen LogP) is 3.15. The molecule has 3 aromatic rings. The van der Waals surface area contributed by atoms with Crippen molar-refractivity contribution in [2.45, 2.75) is 6.92 Å². The monoisotopic (exact) mass is 279 g/mol. The fourth-order valence-electron chi connectivity index (χ4n) is 2.13. The summed E-state index contributed by atoms with van der Waals surface area (Å²) in [5.41, 5.74) is 3.38. The third-order valence-corrected chi connectivity index (χ3v) is 3.22. The molecule has 0 saturated carbocycles. The van der Waals surface area contributed by atoms with Crippen LogP contribution in [0.3, 0.4) is 0 Å². The molecule has 2 N–H and O–H groups in total. The van der Waals surface area contributed by atoms with Gasteiger partial charge in [-0.25, -0.2) is 14.8 Å². The molecule has 0 radical (unpaired) electrons. The molecule has 0 amide bonds. The Morgan fingerprint density at radius 2 is 1.90 bits per heavy atom. The fourth-order valence-corrected chi connectivity index (χ4v) is 2.13. The molecule has 0 bridgehead atoms. The first-order valence-corrected chi connectivity index (χ1v) is 6.47. The van der Waals surface area contributed by atoms with Gasteiger partial charge < -0.3 is 10.1 Å².